The summed E-state index contributed by atoms with van der Waals surface area (Å²) in [5, 5.41) is 0.744. The topological polar surface area (TPSA) is 12.9 Å². The van der Waals surface area contributed by atoms with Gasteiger partial charge in [-0.25, -0.2) is 9.37 Å². The smallest absolute Gasteiger partial charge is 0.168 e. The lowest BCUT2D eigenvalue weighted by Gasteiger charge is -1.93. The van der Waals surface area contributed by atoms with E-state index in [0.29, 0.717) is 10.0 Å². The fourth-order valence-electron chi connectivity index (χ4n) is 1.78. The summed E-state index contributed by atoms with van der Waals surface area (Å²) in [6.07, 6.45) is 0. The van der Waals surface area contributed by atoms with Crippen LogP contribution in [0, 0.1) is 24.6 Å². The summed E-state index contributed by atoms with van der Waals surface area (Å²) in [5.41, 5.74) is 2.80. The molecule has 0 unspecified atom stereocenters. The molecule has 0 bridgehead atoms. The molecular formula is C16H9BrFNS. The van der Waals surface area contributed by atoms with Gasteiger partial charge in [-0.05, 0) is 64.7 Å². The van der Waals surface area contributed by atoms with Crippen LogP contribution in [-0.2, 0) is 0 Å². The van der Waals surface area contributed by atoms with Crippen LogP contribution >= 0.6 is 27.3 Å². The zero-order valence-corrected chi connectivity index (χ0v) is 13.0. The minimum atomic E-state index is -0.309. The van der Waals surface area contributed by atoms with Crippen LogP contribution in [0.25, 0.3) is 10.2 Å². The molecule has 98 valence electrons. The van der Waals surface area contributed by atoms with Crippen LogP contribution in [0.1, 0.15) is 16.1 Å². The van der Waals surface area contributed by atoms with E-state index in [1.807, 2.05) is 12.1 Å². The molecule has 20 heavy (non-hydrogen) atoms. The normalized spacial score (nSPS) is 10.3. The van der Waals surface area contributed by atoms with Gasteiger partial charge in [0.1, 0.15) is 5.82 Å². The van der Waals surface area contributed by atoms with E-state index in [1.54, 1.807) is 23.5 Å². The minimum Gasteiger partial charge on any atom is -0.228 e. The second-order valence-electron chi connectivity index (χ2n) is 4.37. The first-order chi connectivity index (χ1) is 9.61. The summed E-state index contributed by atoms with van der Waals surface area (Å²) in [7, 11) is 0. The lowest BCUT2D eigenvalue weighted by atomic mass is 10.2. The second-order valence-corrected chi connectivity index (χ2v) is 6.25. The highest BCUT2D eigenvalue weighted by atomic mass is 79.9. The van der Waals surface area contributed by atoms with E-state index in [0.717, 1.165) is 15.2 Å². The van der Waals surface area contributed by atoms with Crippen molar-refractivity contribution in [3.8, 4) is 11.8 Å². The predicted octanol–water partition coefficient (Wildman–Crippen LogP) is 4.91. The summed E-state index contributed by atoms with van der Waals surface area (Å²) < 4.78 is 15.0. The van der Waals surface area contributed by atoms with Crippen LogP contribution in [0.4, 0.5) is 4.39 Å². The van der Waals surface area contributed by atoms with Gasteiger partial charge in [0.2, 0.25) is 0 Å². The molecule has 0 aliphatic heterocycles. The van der Waals surface area contributed by atoms with Crippen molar-refractivity contribution < 1.29 is 4.39 Å². The average molecular weight is 346 g/mol. The lowest BCUT2D eigenvalue weighted by Crippen LogP contribution is -1.80. The van der Waals surface area contributed by atoms with E-state index >= 15 is 0 Å². The molecule has 0 spiro atoms. The summed E-state index contributed by atoms with van der Waals surface area (Å²) >= 11 is 4.67. The van der Waals surface area contributed by atoms with E-state index in [4.69, 9.17) is 0 Å². The van der Waals surface area contributed by atoms with Gasteiger partial charge in [0.05, 0.1) is 14.7 Å². The SMILES string of the molecule is Cc1ccc2nc(C#Cc3ccc(Br)c(F)c3)sc2c1. The van der Waals surface area contributed by atoms with E-state index in [2.05, 4.69) is 45.7 Å². The fraction of sp³-hybridized carbons (Fsp3) is 0.0625. The van der Waals surface area contributed by atoms with Crippen LogP contribution in [0.2, 0.25) is 0 Å². The third kappa shape index (κ3) is 2.74. The monoisotopic (exact) mass is 345 g/mol. The molecule has 0 saturated heterocycles. The Labute approximate surface area is 128 Å². The predicted molar refractivity (Wildman–Crippen MR) is 84.4 cm³/mol. The number of nitrogens with zero attached hydrogens (tertiary/aromatic N) is 1. The Hall–Kier alpha value is -1.70. The summed E-state index contributed by atoms with van der Waals surface area (Å²) in [5.74, 6) is 5.63. The summed E-state index contributed by atoms with van der Waals surface area (Å²) in [6, 6.07) is 11.0. The van der Waals surface area contributed by atoms with Gasteiger partial charge in [0.15, 0.2) is 5.01 Å². The maximum atomic E-state index is 13.4. The van der Waals surface area contributed by atoms with Crippen LogP contribution < -0.4 is 0 Å². The van der Waals surface area contributed by atoms with E-state index < -0.39 is 0 Å². The number of rotatable bonds is 0. The molecular weight excluding hydrogens is 337 g/mol. The van der Waals surface area contributed by atoms with Crippen LogP contribution in [0.5, 0.6) is 0 Å². The van der Waals surface area contributed by atoms with Crippen molar-refractivity contribution in [2.75, 3.05) is 0 Å². The third-order valence-electron chi connectivity index (χ3n) is 2.78. The van der Waals surface area contributed by atoms with Crippen LogP contribution in [-0.4, -0.2) is 4.98 Å². The first-order valence-corrected chi connectivity index (χ1v) is 7.57. The maximum Gasteiger partial charge on any atom is 0.168 e. The first-order valence-electron chi connectivity index (χ1n) is 5.96. The molecule has 0 aliphatic rings. The van der Waals surface area contributed by atoms with Crippen molar-refractivity contribution in [2.45, 2.75) is 6.92 Å². The highest BCUT2D eigenvalue weighted by molar-refractivity contribution is 9.10. The molecule has 0 radical (unpaired) electrons. The van der Waals surface area contributed by atoms with Crippen molar-refractivity contribution in [1.29, 1.82) is 0 Å². The molecule has 3 aromatic rings. The molecule has 0 atom stereocenters. The largest absolute Gasteiger partial charge is 0.228 e. The fourth-order valence-corrected chi connectivity index (χ4v) is 2.95. The van der Waals surface area contributed by atoms with E-state index in [1.165, 1.54) is 11.6 Å². The molecule has 0 fully saturated rings. The quantitative estimate of drug-likeness (QED) is 0.527. The van der Waals surface area contributed by atoms with Crippen molar-refractivity contribution >= 4 is 37.5 Å². The molecule has 3 rings (SSSR count). The third-order valence-corrected chi connectivity index (χ3v) is 4.35. The number of halogens is 2. The van der Waals surface area contributed by atoms with Crippen molar-refractivity contribution in [3.05, 3.63) is 62.8 Å². The Balaban J connectivity index is 1.96. The number of benzene rings is 2. The molecule has 1 nitrogen and oxygen atoms in total. The summed E-state index contributed by atoms with van der Waals surface area (Å²) in [6.45, 7) is 2.05. The van der Waals surface area contributed by atoms with Crippen LogP contribution in [0.15, 0.2) is 40.9 Å². The lowest BCUT2D eigenvalue weighted by molar-refractivity contribution is 0.621. The number of thiazole rings is 1. The van der Waals surface area contributed by atoms with E-state index in [-0.39, 0.29) is 5.82 Å². The van der Waals surface area contributed by atoms with Crippen LogP contribution in [0.3, 0.4) is 0 Å². The number of aryl methyl sites for hydroxylation is 1. The highest BCUT2D eigenvalue weighted by Gasteiger charge is 2.02. The molecule has 1 heterocycles. The molecule has 0 saturated carbocycles. The van der Waals surface area contributed by atoms with Gasteiger partial charge >= 0.3 is 0 Å². The second kappa shape index (κ2) is 5.35. The molecule has 2 aromatic carbocycles. The number of hydrogen-bond acceptors (Lipinski definition) is 2. The van der Waals surface area contributed by atoms with Gasteiger partial charge in [-0.2, -0.15) is 0 Å². The van der Waals surface area contributed by atoms with Gasteiger partial charge in [-0.15, -0.1) is 11.3 Å². The average Bonchev–Trinajstić information content (AvgIpc) is 2.82. The zero-order valence-electron chi connectivity index (χ0n) is 10.6. The Morgan fingerprint density at radius 2 is 2.00 bits per heavy atom. The standard InChI is InChI=1S/C16H9BrFNS/c1-10-2-6-14-15(8-10)20-16(19-14)7-4-11-3-5-12(17)13(18)9-11/h2-3,5-6,8-9H,1H3. The van der Waals surface area contributed by atoms with Gasteiger partial charge in [-0.3, -0.25) is 0 Å². The zero-order chi connectivity index (χ0) is 14.1. The van der Waals surface area contributed by atoms with Gasteiger partial charge in [-0.1, -0.05) is 12.0 Å². The van der Waals surface area contributed by atoms with Crippen molar-refractivity contribution in [3.63, 3.8) is 0 Å². The maximum absolute atomic E-state index is 13.4. The summed E-state index contributed by atoms with van der Waals surface area (Å²) in [4.78, 5) is 4.45. The molecule has 0 aliphatic carbocycles. The molecule has 1 aromatic heterocycles. The molecule has 0 N–H and O–H groups in total. The Bertz CT molecular complexity index is 858. The van der Waals surface area contributed by atoms with E-state index in [9.17, 15) is 4.39 Å². The van der Waals surface area contributed by atoms with Crippen molar-refractivity contribution in [1.82, 2.24) is 4.98 Å². The Kier molecular flexibility index (Phi) is 3.56. The molecule has 4 heteroatoms. The first kappa shape index (κ1) is 13.3. The number of hydrogen-bond donors (Lipinski definition) is 0. The number of fused-ring (bicyclic) bond motifs is 1. The van der Waals surface area contributed by atoms with Gasteiger partial charge < -0.3 is 0 Å². The van der Waals surface area contributed by atoms with Gasteiger partial charge in [0, 0.05) is 5.56 Å². The van der Waals surface area contributed by atoms with Gasteiger partial charge in [0.25, 0.3) is 0 Å². The van der Waals surface area contributed by atoms with Crippen molar-refractivity contribution in [2.24, 2.45) is 0 Å². The highest BCUT2D eigenvalue weighted by Crippen LogP contribution is 2.22. The Morgan fingerprint density at radius 3 is 2.80 bits per heavy atom. The number of aromatic nitrogens is 1. The molecule has 0 amide bonds. The Morgan fingerprint density at radius 1 is 1.15 bits per heavy atom. The minimum absolute atomic E-state index is 0.309.